The maximum atomic E-state index is 14.6. The fourth-order valence-corrected chi connectivity index (χ4v) is 3.52. The Bertz CT molecular complexity index is 1240. The van der Waals surface area contributed by atoms with Crippen LogP contribution in [0.2, 0.25) is 10.0 Å². The van der Waals surface area contributed by atoms with Crippen molar-refractivity contribution in [3.8, 4) is 5.75 Å². The molecule has 0 spiro atoms. The number of carbonyl (C=O) groups is 1. The molecule has 0 aromatic heterocycles. The molecule has 0 atom stereocenters. The quantitative estimate of drug-likeness (QED) is 0.0830. The molecule has 0 aliphatic rings. The second kappa shape index (κ2) is 9.32. The molecule has 168 valence electrons. The first-order valence-electron chi connectivity index (χ1n) is 8.07. The lowest BCUT2D eigenvalue weighted by atomic mass is 10.1. The number of anilines is 2. The average molecular weight is 610 g/mol. The molecular weight excluding hydrogens is 605 g/mol. The van der Waals surface area contributed by atoms with Crippen LogP contribution in [0.3, 0.4) is 0 Å². The van der Waals surface area contributed by atoms with Crippen molar-refractivity contribution in [2.45, 2.75) is 0 Å². The molecule has 0 bridgehead atoms. The highest BCUT2D eigenvalue weighted by atomic mass is 127. The van der Waals surface area contributed by atoms with Crippen molar-refractivity contribution in [1.82, 2.24) is 0 Å². The Labute approximate surface area is 198 Å². The second-order valence-corrected chi connectivity index (χ2v) is 8.01. The van der Waals surface area contributed by atoms with Crippen LogP contribution >= 0.6 is 45.8 Å². The molecule has 0 unspecified atom stereocenters. The molecule has 0 aliphatic heterocycles. The monoisotopic (exact) mass is 609 g/mol. The zero-order chi connectivity index (χ0) is 23.9. The third-order valence-corrected chi connectivity index (χ3v) is 5.20. The fraction of sp³-hybridized carbons (Fsp3) is 0. The lowest BCUT2D eigenvalue weighted by Gasteiger charge is -2.16. The summed E-state index contributed by atoms with van der Waals surface area (Å²) < 4.78 is 101. The SMILES string of the molecule is O=C(Oc1c(F)c(F)c(F)c(F)c1F)c1cc(Cl)c(F)c(F)c1Nc1ccc(I)cc1Cl. The van der Waals surface area contributed by atoms with E-state index < -0.39 is 68.7 Å². The molecule has 0 heterocycles. The Morgan fingerprint density at radius 2 is 1.34 bits per heavy atom. The molecule has 32 heavy (non-hydrogen) atoms. The van der Waals surface area contributed by atoms with E-state index in [2.05, 4.69) is 10.1 Å². The Balaban J connectivity index is 2.11. The van der Waals surface area contributed by atoms with Gasteiger partial charge >= 0.3 is 5.97 Å². The molecule has 3 nitrogen and oxygen atoms in total. The smallest absolute Gasteiger partial charge is 0.346 e. The first-order valence-corrected chi connectivity index (χ1v) is 9.90. The summed E-state index contributed by atoms with van der Waals surface area (Å²) in [5.41, 5.74) is -1.85. The van der Waals surface area contributed by atoms with E-state index in [1.807, 2.05) is 22.6 Å². The normalized spacial score (nSPS) is 10.9. The van der Waals surface area contributed by atoms with Gasteiger partial charge in [0.25, 0.3) is 0 Å². The number of rotatable bonds is 4. The van der Waals surface area contributed by atoms with Crippen molar-refractivity contribution >= 4 is 63.1 Å². The molecule has 13 heteroatoms. The van der Waals surface area contributed by atoms with E-state index in [9.17, 15) is 35.5 Å². The maximum Gasteiger partial charge on any atom is 0.346 e. The van der Waals surface area contributed by atoms with Gasteiger partial charge in [-0.15, -0.1) is 0 Å². The van der Waals surface area contributed by atoms with Crippen LogP contribution in [-0.4, -0.2) is 5.97 Å². The van der Waals surface area contributed by atoms with E-state index in [0.717, 1.165) is 0 Å². The van der Waals surface area contributed by atoms with Gasteiger partial charge in [0, 0.05) is 3.57 Å². The van der Waals surface area contributed by atoms with Crippen molar-refractivity contribution in [2.24, 2.45) is 0 Å². The van der Waals surface area contributed by atoms with Crippen molar-refractivity contribution in [1.29, 1.82) is 0 Å². The van der Waals surface area contributed by atoms with Crippen molar-refractivity contribution in [2.75, 3.05) is 5.32 Å². The molecule has 3 aromatic carbocycles. The van der Waals surface area contributed by atoms with Gasteiger partial charge in [0.1, 0.15) is 0 Å². The summed E-state index contributed by atoms with van der Waals surface area (Å²) in [6.07, 6.45) is 0. The molecule has 1 N–H and O–H groups in total. The Morgan fingerprint density at radius 3 is 1.91 bits per heavy atom. The number of benzene rings is 3. The molecule has 0 aliphatic carbocycles. The van der Waals surface area contributed by atoms with Crippen molar-refractivity contribution in [3.63, 3.8) is 0 Å². The minimum Gasteiger partial charge on any atom is -0.416 e. The van der Waals surface area contributed by atoms with E-state index in [4.69, 9.17) is 23.2 Å². The minimum atomic E-state index is -2.48. The number of carbonyl (C=O) groups excluding carboxylic acids is 1. The Kier molecular flexibility index (Phi) is 7.10. The number of nitrogens with one attached hydrogen (secondary N) is 1. The van der Waals surface area contributed by atoms with Gasteiger partial charge in [-0.3, -0.25) is 0 Å². The number of hydrogen-bond acceptors (Lipinski definition) is 3. The highest BCUT2D eigenvalue weighted by molar-refractivity contribution is 14.1. The summed E-state index contributed by atoms with van der Waals surface area (Å²) in [7, 11) is 0. The van der Waals surface area contributed by atoms with Gasteiger partial charge in [0.15, 0.2) is 11.6 Å². The van der Waals surface area contributed by atoms with E-state index >= 15 is 0 Å². The lowest BCUT2D eigenvalue weighted by molar-refractivity contribution is 0.0716. The molecule has 0 saturated heterocycles. The summed E-state index contributed by atoms with van der Waals surface area (Å²) in [4.78, 5) is 12.5. The topological polar surface area (TPSA) is 38.3 Å². The van der Waals surface area contributed by atoms with Gasteiger partial charge in [0.2, 0.25) is 34.8 Å². The molecular formula is C19H5Cl2F7INO2. The van der Waals surface area contributed by atoms with Crippen LogP contribution in [0.1, 0.15) is 10.4 Å². The summed E-state index contributed by atoms with van der Waals surface area (Å²) in [5.74, 6) is -19.2. The van der Waals surface area contributed by atoms with Gasteiger partial charge in [-0.05, 0) is 46.9 Å². The predicted octanol–water partition coefficient (Wildman–Crippen LogP) is 7.53. The third-order valence-electron chi connectivity index (χ3n) is 3.94. The average Bonchev–Trinajstić information content (AvgIpc) is 2.75. The van der Waals surface area contributed by atoms with Gasteiger partial charge < -0.3 is 10.1 Å². The molecule has 3 rings (SSSR count). The second-order valence-electron chi connectivity index (χ2n) is 5.95. The van der Waals surface area contributed by atoms with Crippen LogP contribution in [0.25, 0.3) is 0 Å². The summed E-state index contributed by atoms with van der Waals surface area (Å²) >= 11 is 13.5. The van der Waals surface area contributed by atoms with Gasteiger partial charge in [-0.25, -0.2) is 26.7 Å². The van der Waals surface area contributed by atoms with E-state index in [0.29, 0.717) is 9.64 Å². The molecule has 0 radical (unpaired) electrons. The third kappa shape index (κ3) is 4.46. The summed E-state index contributed by atoms with van der Waals surface area (Å²) in [6, 6.07) is 4.83. The summed E-state index contributed by atoms with van der Waals surface area (Å²) in [5, 5.41) is 1.42. The lowest BCUT2D eigenvalue weighted by Crippen LogP contribution is -2.16. The van der Waals surface area contributed by atoms with Crippen LogP contribution in [0.15, 0.2) is 24.3 Å². The predicted molar refractivity (Wildman–Crippen MR) is 110 cm³/mol. The fourth-order valence-electron chi connectivity index (χ4n) is 2.43. The zero-order valence-electron chi connectivity index (χ0n) is 14.9. The summed E-state index contributed by atoms with van der Waals surface area (Å²) in [6.45, 7) is 0. The largest absolute Gasteiger partial charge is 0.416 e. The van der Waals surface area contributed by atoms with Crippen molar-refractivity contribution in [3.05, 3.63) is 84.2 Å². The first-order chi connectivity index (χ1) is 14.9. The van der Waals surface area contributed by atoms with Crippen molar-refractivity contribution < 1.29 is 40.3 Å². The molecule has 0 saturated carbocycles. The van der Waals surface area contributed by atoms with Crippen LogP contribution < -0.4 is 10.1 Å². The standard InChI is InChI=1S/C19H5Cl2F7INO2/c20-7-3-5(29)1-2-9(7)30-17-6(4-8(21)10(22)14(17)26)19(31)32-18-15(27)12(24)11(23)13(25)16(18)28/h1-4,30H. The minimum absolute atomic E-state index is 0.0158. The Hall–Kier alpha value is -2.25. The maximum absolute atomic E-state index is 14.6. The van der Waals surface area contributed by atoms with Gasteiger partial charge in [-0.1, -0.05) is 23.2 Å². The number of halogens is 10. The zero-order valence-corrected chi connectivity index (χ0v) is 18.6. The number of hydrogen-bond donors (Lipinski definition) is 1. The highest BCUT2D eigenvalue weighted by Crippen LogP contribution is 2.36. The van der Waals surface area contributed by atoms with Crippen LogP contribution in [0.4, 0.5) is 42.1 Å². The van der Waals surface area contributed by atoms with Gasteiger partial charge in [0.05, 0.1) is 27.0 Å². The van der Waals surface area contributed by atoms with Crippen LogP contribution in [-0.2, 0) is 0 Å². The van der Waals surface area contributed by atoms with E-state index in [-0.39, 0.29) is 10.7 Å². The van der Waals surface area contributed by atoms with Gasteiger partial charge in [-0.2, -0.15) is 8.78 Å². The highest BCUT2D eigenvalue weighted by Gasteiger charge is 2.31. The molecule has 3 aromatic rings. The number of esters is 1. The van der Waals surface area contributed by atoms with E-state index in [1.54, 1.807) is 0 Å². The number of ether oxygens (including phenoxy) is 1. The van der Waals surface area contributed by atoms with Crippen LogP contribution in [0.5, 0.6) is 5.75 Å². The van der Waals surface area contributed by atoms with Crippen LogP contribution in [0, 0.1) is 44.3 Å². The molecule has 0 fully saturated rings. The van der Waals surface area contributed by atoms with E-state index in [1.165, 1.54) is 18.2 Å². The Morgan fingerprint density at radius 1 is 0.781 bits per heavy atom. The first kappa shape index (κ1) is 24.4. The molecule has 0 amide bonds.